The molecule has 0 radical (unpaired) electrons. The fraction of sp³-hybridized carbons (Fsp3) is 0.632. The Morgan fingerprint density at radius 1 is 1.25 bits per heavy atom. The van der Waals surface area contributed by atoms with Crippen molar-refractivity contribution >= 4 is 5.91 Å². The predicted octanol–water partition coefficient (Wildman–Crippen LogP) is 1.73. The molecule has 132 valence electrons. The van der Waals surface area contributed by atoms with Crippen LogP contribution in [0.5, 0.6) is 0 Å². The highest BCUT2D eigenvalue weighted by Gasteiger charge is 2.37. The second kappa shape index (κ2) is 7.64. The van der Waals surface area contributed by atoms with Crippen molar-refractivity contribution in [1.29, 1.82) is 0 Å². The van der Waals surface area contributed by atoms with Crippen molar-refractivity contribution in [1.82, 2.24) is 15.1 Å². The topological polar surface area (TPSA) is 44.8 Å². The van der Waals surface area contributed by atoms with Crippen LogP contribution in [-0.4, -0.2) is 68.2 Å². The summed E-state index contributed by atoms with van der Waals surface area (Å²) >= 11 is 0. The number of rotatable bonds is 6. The number of hydrogen-bond donors (Lipinski definition) is 1. The van der Waals surface area contributed by atoms with Crippen LogP contribution >= 0.6 is 0 Å². The van der Waals surface area contributed by atoms with Gasteiger partial charge in [0.15, 0.2) is 0 Å². The zero-order chi connectivity index (χ0) is 17.0. The van der Waals surface area contributed by atoms with Gasteiger partial charge in [0, 0.05) is 51.9 Å². The van der Waals surface area contributed by atoms with E-state index in [1.54, 1.807) is 7.11 Å². The molecule has 1 N–H and O–H groups in total. The van der Waals surface area contributed by atoms with Gasteiger partial charge in [0.05, 0.1) is 5.60 Å². The minimum Gasteiger partial charge on any atom is -0.376 e. The lowest BCUT2D eigenvalue weighted by atomic mass is 9.80. The Hall–Kier alpha value is -1.43. The summed E-state index contributed by atoms with van der Waals surface area (Å²) in [4.78, 5) is 17.3. The fourth-order valence-electron chi connectivity index (χ4n) is 3.44. The highest BCUT2D eigenvalue weighted by molar-refractivity contribution is 5.94. The molecule has 3 rings (SSSR count). The number of nitrogens with zero attached hydrogens (tertiary/aromatic N) is 2. The molecule has 1 aromatic rings. The quantitative estimate of drug-likeness (QED) is 0.862. The van der Waals surface area contributed by atoms with Crippen molar-refractivity contribution in [2.75, 3.05) is 46.9 Å². The lowest BCUT2D eigenvalue weighted by Gasteiger charge is -2.40. The molecule has 0 spiro atoms. The number of hydrogen-bond acceptors (Lipinski definition) is 4. The van der Waals surface area contributed by atoms with Crippen molar-refractivity contribution in [2.24, 2.45) is 0 Å². The van der Waals surface area contributed by atoms with Gasteiger partial charge in [0.25, 0.3) is 5.91 Å². The molecule has 5 nitrogen and oxygen atoms in total. The lowest BCUT2D eigenvalue weighted by molar-refractivity contribution is -0.0679. The normalized spacial score (nSPS) is 21.2. The Balaban J connectivity index is 1.55. The van der Waals surface area contributed by atoms with Crippen molar-refractivity contribution in [3.8, 4) is 0 Å². The summed E-state index contributed by atoms with van der Waals surface area (Å²) in [6.07, 6.45) is 3.25. The predicted molar refractivity (Wildman–Crippen MR) is 95.1 cm³/mol. The summed E-state index contributed by atoms with van der Waals surface area (Å²) in [5.74, 6) is -0.00134. The third-order valence-corrected chi connectivity index (χ3v) is 5.46. The van der Waals surface area contributed by atoms with Crippen LogP contribution in [0.25, 0.3) is 0 Å². The third kappa shape index (κ3) is 4.15. The van der Waals surface area contributed by atoms with E-state index in [4.69, 9.17) is 4.74 Å². The number of carbonyl (C=O) groups is 1. The smallest absolute Gasteiger partial charge is 0.251 e. The number of amides is 1. The highest BCUT2D eigenvalue weighted by atomic mass is 16.5. The van der Waals surface area contributed by atoms with Crippen molar-refractivity contribution < 1.29 is 9.53 Å². The molecule has 0 bridgehead atoms. The summed E-state index contributed by atoms with van der Waals surface area (Å²) in [5, 5.41) is 3.05. The van der Waals surface area contributed by atoms with E-state index in [2.05, 4.69) is 28.2 Å². The number of piperazine rings is 1. The minimum atomic E-state index is -0.132. The zero-order valence-electron chi connectivity index (χ0n) is 14.9. The van der Waals surface area contributed by atoms with Crippen LogP contribution in [0.1, 0.15) is 35.2 Å². The monoisotopic (exact) mass is 331 g/mol. The summed E-state index contributed by atoms with van der Waals surface area (Å²) in [6.45, 7) is 5.91. The van der Waals surface area contributed by atoms with E-state index in [-0.39, 0.29) is 11.5 Å². The zero-order valence-corrected chi connectivity index (χ0v) is 14.9. The first kappa shape index (κ1) is 17.4. The number of benzene rings is 1. The Morgan fingerprint density at radius 3 is 2.62 bits per heavy atom. The average molecular weight is 331 g/mol. The van der Waals surface area contributed by atoms with E-state index in [0.717, 1.165) is 51.1 Å². The Labute approximate surface area is 145 Å². The van der Waals surface area contributed by atoms with E-state index in [9.17, 15) is 4.79 Å². The Bertz CT molecular complexity index is 558. The summed E-state index contributed by atoms with van der Waals surface area (Å²) in [6, 6.07) is 8.00. The Morgan fingerprint density at radius 2 is 2.00 bits per heavy atom. The van der Waals surface area contributed by atoms with Gasteiger partial charge in [-0.05, 0) is 44.0 Å². The van der Waals surface area contributed by atoms with Crippen LogP contribution in [0.15, 0.2) is 24.3 Å². The molecule has 1 aliphatic carbocycles. The van der Waals surface area contributed by atoms with Gasteiger partial charge in [-0.25, -0.2) is 0 Å². The molecular formula is C19H29N3O2. The van der Waals surface area contributed by atoms with E-state index in [1.165, 1.54) is 12.0 Å². The fourth-order valence-corrected chi connectivity index (χ4v) is 3.44. The number of likely N-dealkylation sites (N-methyl/N-ethyl adjacent to an activating group) is 1. The van der Waals surface area contributed by atoms with E-state index < -0.39 is 0 Å². The van der Waals surface area contributed by atoms with Crippen LogP contribution in [0.2, 0.25) is 0 Å². The molecule has 1 saturated carbocycles. The van der Waals surface area contributed by atoms with Gasteiger partial charge in [-0.15, -0.1) is 0 Å². The van der Waals surface area contributed by atoms with Crippen molar-refractivity contribution in [3.05, 3.63) is 35.4 Å². The molecule has 5 heteroatoms. The SMILES string of the molecule is COC1(CNC(=O)c2cccc(CN3CCN(C)CC3)c2)CCC1. The number of nitrogens with one attached hydrogen (secondary N) is 1. The van der Waals surface area contributed by atoms with Gasteiger partial charge in [-0.2, -0.15) is 0 Å². The van der Waals surface area contributed by atoms with Crippen LogP contribution in [0, 0.1) is 0 Å². The van der Waals surface area contributed by atoms with Gasteiger partial charge in [-0.1, -0.05) is 12.1 Å². The van der Waals surface area contributed by atoms with Gasteiger partial charge >= 0.3 is 0 Å². The molecular weight excluding hydrogens is 302 g/mol. The number of carbonyl (C=O) groups excluding carboxylic acids is 1. The van der Waals surface area contributed by atoms with E-state index >= 15 is 0 Å². The average Bonchev–Trinajstić information content (AvgIpc) is 2.56. The highest BCUT2D eigenvalue weighted by Crippen LogP contribution is 2.34. The van der Waals surface area contributed by atoms with Gasteiger partial charge in [0.2, 0.25) is 0 Å². The van der Waals surface area contributed by atoms with Gasteiger partial charge in [0.1, 0.15) is 0 Å². The molecule has 0 atom stereocenters. The van der Waals surface area contributed by atoms with Crippen LogP contribution in [0.4, 0.5) is 0 Å². The molecule has 1 saturated heterocycles. The molecule has 1 aromatic carbocycles. The summed E-state index contributed by atoms with van der Waals surface area (Å²) in [7, 11) is 3.90. The van der Waals surface area contributed by atoms with Crippen LogP contribution in [0.3, 0.4) is 0 Å². The number of ether oxygens (including phenoxy) is 1. The maximum Gasteiger partial charge on any atom is 0.251 e. The second-order valence-electron chi connectivity index (χ2n) is 7.20. The minimum absolute atomic E-state index is 0.00134. The maximum atomic E-state index is 12.4. The first-order chi connectivity index (χ1) is 11.6. The molecule has 1 amide bonds. The molecule has 1 heterocycles. The van der Waals surface area contributed by atoms with E-state index in [0.29, 0.717) is 6.54 Å². The van der Waals surface area contributed by atoms with Crippen LogP contribution in [-0.2, 0) is 11.3 Å². The van der Waals surface area contributed by atoms with Crippen molar-refractivity contribution in [3.63, 3.8) is 0 Å². The van der Waals surface area contributed by atoms with Crippen LogP contribution < -0.4 is 5.32 Å². The van der Waals surface area contributed by atoms with Gasteiger partial charge < -0.3 is 15.0 Å². The first-order valence-corrected chi connectivity index (χ1v) is 8.93. The van der Waals surface area contributed by atoms with E-state index in [1.807, 2.05) is 18.2 Å². The lowest BCUT2D eigenvalue weighted by Crippen LogP contribution is -2.49. The molecule has 2 fully saturated rings. The van der Waals surface area contributed by atoms with Crippen molar-refractivity contribution in [2.45, 2.75) is 31.4 Å². The summed E-state index contributed by atoms with van der Waals surface area (Å²) in [5.41, 5.74) is 1.82. The third-order valence-electron chi connectivity index (χ3n) is 5.46. The molecule has 24 heavy (non-hydrogen) atoms. The molecule has 0 unspecified atom stereocenters. The summed E-state index contributed by atoms with van der Waals surface area (Å²) < 4.78 is 5.57. The molecule has 2 aliphatic rings. The number of methoxy groups -OCH3 is 1. The standard InChI is InChI=1S/C19H29N3O2/c1-21-9-11-22(12-10-21)14-16-5-3-6-17(13-16)18(23)20-15-19(24-2)7-4-8-19/h3,5-6,13H,4,7-12,14-15H2,1-2H3,(H,20,23). The molecule has 0 aromatic heterocycles. The second-order valence-corrected chi connectivity index (χ2v) is 7.20. The maximum absolute atomic E-state index is 12.4. The first-order valence-electron chi connectivity index (χ1n) is 8.93. The largest absolute Gasteiger partial charge is 0.376 e. The van der Waals surface area contributed by atoms with Gasteiger partial charge in [-0.3, -0.25) is 9.69 Å². The Kier molecular flexibility index (Phi) is 5.54. The molecule has 1 aliphatic heterocycles.